The molecule has 2 aromatic carbocycles. The van der Waals surface area contributed by atoms with Crippen LogP contribution in [0.3, 0.4) is 0 Å². The molecular formula is C14H14N2O5. The Morgan fingerprint density at radius 1 is 1.24 bits per heavy atom. The Morgan fingerprint density at radius 3 is 2.62 bits per heavy atom. The Balaban J connectivity index is 2.35. The molecule has 0 aromatic heterocycles. The lowest BCUT2D eigenvalue weighted by atomic mass is 10.2. The predicted molar refractivity (Wildman–Crippen MR) is 76.5 cm³/mol. The van der Waals surface area contributed by atoms with Crippen LogP contribution in [0.15, 0.2) is 36.4 Å². The average Bonchev–Trinajstić information content (AvgIpc) is 2.47. The van der Waals surface area contributed by atoms with E-state index in [1.807, 2.05) is 0 Å². The van der Waals surface area contributed by atoms with Crippen LogP contribution >= 0.6 is 0 Å². The summed E-state index contributed by atoms with van der Waals surface area (Å²) in [6.07, 6.45) is 0. The third-order valence-corrected chi connectivity index (χ3v) is 2.76. The van der Waals surface area contributed by atoms with Gasteiger partial charge in [0.2, 0.25) is 0 Å². The van der Waals surface area contributed by atoms with E-state index in [2.05, 4.69) is 0 Å². The number of nitro groups is 1. The quantitative estimate of drug-likeness (QED) is 0.497. The summed E-state index contributed by atoms with van der Waals surface area (Å²) in [5.74, 6) is 1.01. The van der Waals surface area contributed by atoms with Gasteiger partial charge in [0.1, 0.15) is 5.75 Å². The van der Waals surface area contributed by atoms with Crippen LogP contribution in [-0.4, -0.2) is 17.1 Å². The number of aliphatic hydroxyl groups excluding tert-OH is 1. The Kier molecular flexibility index (Phi) is 4.24. The highest BCUT2D eigenvalue weighted by Crippen LogP contribution is 2.34. The number of nitrogens with two attached hydrogens (primary N) is 1. The predicted octanol–water partition coefficient (Wildman–Crippen LogP) is 2.47. The number of rotatable bonds is 5. The second-order valence-electron chi connectivity index (χ2n) is 4.26. The fourth-order valence-corrected chi connectivity index (χ4v) is 1.79. The zero-order chi connectivity index (χ0) is 15.4. The van der Waals surface area contributed by atoms with Crippen LogP contribution in [0.4, 0.5) is 11.4 Å². The summed E-state index contributed by atoms with van der Waals surface area (Å²) < 4.78 is 10.7. The number of aliphatic hydroxyl groups is 1. The van der Waals surface area contributed by atoms with Crippen LogP contribution in [0.1, 0.15) is 5.56 Å². The number of benzene rings is 2. The van der Waals surface area contributed by atoms with Gasteiger partial charge in [0.05, 0.1) is 24.7 Å². The summed E-state index contributed by atoms with van der Waals surface area (Å²) in [5.41, 5.74) is 6.35. The first-order valence-electron chi connectivity index (χ1n) is 6.04. The maximum atomic E-state index is 10.8. The smallest absolute Gasteiger partial charge is 0.275 e. The maximum absolute atomic E-state index is 10.8. The molecule has 0 aliphatic rings. The standard InChI is InChI=1S/C14H14N2O5/c1-20-14-4-9(8-17)2-3-13(14)21-12-6-10(15)5-11(7-12)16(18)19/h2-7,17H,8,15H2,1H3. The third-order valence-electron chi connectivity index (χ3n) is 2.76. The highest BCUT2D eigenvalue weighted by molar-refractivity contribution is 5.55. The molecule has 7 heteroatoms. The van der Waals surface area contributed by atoms with Crippen LogP contribution in [0.25, 0.3) is 0 Å². The van der Waals surface area contributed by atoms with Gasteiger partial charge in [-0.15, -0.1) is 0 Å². The van der Waals surface area contributed by atoms with Crippen LogP contribution in [0.2, 0.25) is 0 Å². The van der Waals surface area contributed by atoms with Gasteiger partial charge in [0.15, 0.2) is 11.5 Å². The highest BCUT2D eigenvalue weighted by atomic mass is 16.6. The molecule has 0 aliphatic carbocycles. The van der Waals surface area contributed by atoms with Crippen molar-refractivity contribution in [2.24, 2.45) is 0 Å². The van der Waals surface area contributed by atoms with Crippen molar-refractivity contribution in [2.75, 3.05) is 12.8 Å². The Morgan fingerprint density at radius 2 is 2.00 bits per heavy atom. The first-order chi connectivity index (χ1) is 10.0. The molecule has 7 nitrogen and oxygen atoms in total. The van der Waals surface area contributed by atoms with Crippen molar-refractivity contribution in [1.29, 1.82) is 0 Å². The number of anilines is 1. The van der Waals surface area contributed by atoms with Crippen molar-refractivity contribution in [3.63, 3.8) is 0 Å². The van der Waals surface area contributed by atoms with E-state index in [0.29, 0.717) is 17.1 Å². The van der Waals surface area contributed by atoms with Crippen LogP contribution in [-0.2, 0) is 6.61 Å². The molecule has 0 radical (unpaired) electrons. The molecule has 0 saturated heterocycles. The SMILES string of the molecule is COc1cc(CO)ccc1Oc1cc(N)cc([N+](=O)[O-])c1. The lowest BCUT2D eigenvalue weighted by Crippen LogP contribution is -1.95. The minimum Gasteiger partial charge on any atom is -0.493 e. The Hall–Kier alpha value is -2.80. The van der Waals surface area contributed by atoms with Gasteiger partial charge in [-0.05, 0) is 17.7 Å². The second-order valence-corrected chi connectivity index (χ2v) is 4.26. The van der Waals surface area contributed by atoms with Gasteiger partial charge in [0.25, 0.3) is 5.69 Å². The highest BCUT2D eigenvalue weighted by Gasteiger charge is 2.12. The van der Waals surface area contributed by atoms with E-state index in [0.717, 1.165) is 0 Å². The largest absolute Gasteiger partial charge is 0.493 e. The number of hydrogen-bond donors (Lipinski definition) is 2. The normalized spacial score (nSPS) is 10.2. The number of non-ortho nitro benzene ring substituents is 1. The van der Waals surface area contributed by atoms with Crippen molar-refractivity contribution >= 4 is 11.4 Å². The molecule has 0 fully saturated rings. The molecule has 0 bridgehead atoms. The van der Waals surface area contributed by atoms with Gasteiger partial charge in [-0.3, -0.25) is 10.1 Å². The van der Waals surface area contributed by atoms with E-state index in [9.17, 15) is 10.1 Å². The average molecular weight is 290 g/mol. The first-order valence-corrected chi connectivity index (χ1v) is 6.04. The maximum Gasteiger partial charge on any atom is 0.275 e. The van der Waals surface area contributed by atoms with Crippen molar-refractivity contribution in [3.05, 3.63) is 52.1 Å². The number of ether oxygens (including phenoxy) is 2. The summed E-state index contributed by atoms with van der Waals surface area (Å²) in [6, 6.07) is 8.90. The van der Waals surface area contributed by atoms with Gasteiger partial charge in [-0.2, -0.15) is 0 Å². The number of methoxy groups -OCH3 is 1. The summed E-state index contributed by atoms with van der Waals surface area (Å²) in [5, 5.41) is 19.9. The van der Waals surface area contributed by atoms with E-state index >= 15 is 0 Å². The number of nitro benzene ring substituents is 1. The molecule has 0 heterocycles. The van der Waals surface area contributed by atoms with Crippen molar-refractivity contribution in [3.8, 4) is 17.2 Å². The molecule has 0 aliphatic heterocycles. The van der Waals surface area contributed by atoms with E-state index in [1.165, 1.54) is 25.3 Å². The fourth-order valence-electron chi connectivity index (χ4n) is 1.79. The molecule has 3 N–H and O–H groups in total. The summed E-state index contributed by atoms with van der Waals surface area (Å²) >= 11 is 0. The number of nitrogen functional groups attached to an aromatic ring is 1. The Labute approximate surface area is 120 Å². The second kappa shape index (κ2) is 6.10. The summed E-state index contributed by atoms with van der Waals surface area (Å²) in [4.78, 5) is 10.3. The summed E-state index contributed by atoms with van der Waals surface area (Å²) in [6.45, 7) is -0.125. The van der Waals surface area contributed by atoms with Gasteiger partial charge in [0, 0.05) is 17.8 Å². The van der Waals surface area contributed by atoms with Crippen molar-refractivity contribution < 1.29 is 19.5 Å². The molecule has 110 valence electrons. The Bertz CT molecular complexity index is 672. The van der Waals surface area contributed by atoms with Crippen LogP contribution in [0, 0.1) is 10.1 Å². The third kappa shape index (κ3) is 3.40. The minimum atomic E-state index is -0.546. The molecular weight excluding hydrogens is 276 g/mol. The zero-order valence-electron chi connectivity index (χ0n) is 11.3. The lowest BCUT2D eigenvalue weighted by molar-refractivity contribution is -0.384. The van der Waals surface area contributed by atoms with Gasteiger partial charge in [-0.1, -0.05) is 6.07 Å². The number of hydrogen-bond acceptors (Lipinski definition) is 6. The first kappa shape index (κ1) is 14.6. The van der Waals surface area contributed by atoms with Crippen LogP contribution < -0.4 is 15.2 Å². The van der Waals surface area contributed by atoms with Crippen molar-refractivity contribution in [2.45, 2.75) is 6.61 Å². The molecule has 0 spiro atoms. The van der Waals surface area contributed by atoms with E-state index in [-0.39, 0.29) is 23.7 Å². The molecule has 0 saturated carbocycles. The lowest BCUT2D eigenvalue weighted by Gasteiger charge is -2.11. The topological polar surface area (TPSA) is 108 Å². The molecule has 2 rings (SSSR count). The van der Waals surface area contributed by atoms with Crippen molar-refractivity contribution in [1.82, 2.24) is 0 Å². The zero-order valence-corrected chi connectivity index (χ0v) is 11.3. The fraction of sp³-hybridized carbons (Fsp3) is 0.143. The van der Waals surface area contributed by atoms with E-state index in [4.69, 9.17) is 20.3 Å². The van der Waals surface area contributed by atoms with E-state index in [1.54, 1.807) is 18.2 Å². The molecule has 0 atom stereocenters. The van der Waals surface area contributed by atoms with Gasteiger partial charge >= 0.3 is 0 Å². The molecule has 2 aromatic rings. The minimum absolute atomic E-state index is 0.125. The van der Waals surface area contributed by atoms with E-state index < -0.39 is 4.92 Å². The molecule has 0 amide bonds. The molecule has 21 heavy (non-hydrogen) atoms. The van der Waals surface area contributed by atoms with Gasteiger partial charge in [-0.25, -0.2) is 0 Å². The number of nitrogens with zero attached hydrogens (tertiary/aromatic N) is 1. The monoisotopic (exact) mass is 290 g/mol. The van der Waals surface area contributed by atoms with Crippen LogP contribution in [0.5, 0.6) is 17.2 Å². The summed E-state index contributed by atoms with van der Waals surface area (Å²) in [7, 11) is 1.46. The molecule has 0 unspecified atom stereocenters. The van der Waals surface area contributed by atoms with Gasteiger partial charge < -0.3 is 20.3 Å².